The lowest BCUT2D eigenvalue weighted by molar-refractivity contribution is 0.102. The van der Waals surface area contributed by atoms with E-state index < -0.39 is 6.03 Å². The van der Waals surface area contributed by atoms with Crippen LogP contribution in [0.2, 0.25) is 5.02 Å². The Morgan fingerprint density at radius 2 is 1.84 bits per heavy atom. The van der Waals surface area contributed by atoms with Crippen LogP contribution in [0.3, 0.4) is 0 Å². The average molecular weight is 458 g/mol. The van der Waals surface area contributed by atoms with Crippen LogP contribution in [-0.4, -0.2) is 30.0 Å². The molecule has 9 heteroatoms. The monoisotopic (exact) mass is 457 g/mol. The van der Waals surface area contributed by atoms with Gasteiger partial charge >= 0.3 is 6.03 Å². The Hall–Kier alpha value is -3.10. The van der Waals surface area contributed by atoms with E-state index in [0.29, 0.717) is 15.8 Å². The molecule has 0 aliphatic rings. The quantitative estimate of drug-likeness (QED) is 0.415. The third-order valence-corrected chi connectivity index (χ3v) is 5.62. The number of aryl methyl sites for hydroxylation is 1. The van der Waals surface area contributed by atoms with Crippen molar-refractivity contribution >= 4 is 57.1 Å². The molecule has 0 radical (unpaired) electrons. The van der Waals surface area contributed by atoms with E-state index in [1.807, 2.05) is 19.1 Å². The number of aromatic nitrogens is 1. The molecule has 1 heterocycles. The van der Waals surface area contributed by atoms with Crippen molar-refractivity contribution in [3.8, 4) is 0 Å². The molecule has 1 aromatic heterocycles. The molecule has 0 saturated heterocycles. The number of carbonyl (C=O) groups excluding carboxylic acids is 2. The highest BCUT2D eigenvalue weighted by atomic mass is 35.5. The Bertz CT molecular complexity index is 1080. The average Bonchev–Trinajstić information content (AvgIpc) is 3.19. The van der Waals surface area contributed by atoms with Gasteiger partial charge in [0, 0.05) is 40.6 Å². The number of nitrogens with zero attached hydrogens (tertiary/aromatic N) is 2. The summed E-state index contributed by atoms with van der Waals surface area (Å²) in [5.74, 6) is -0.335. The van der Waals surface area contributed by atoms with Crippen LogP contribution in [0.25, 0.3) is 0 Å². The number of anilines is 4. The summed E-state index contributed by atoms with van der Waals surface area (Å²) in [5.41, 5.74) is 3.60. The van der Waals surface area contributed by atoms with E-state index in [2.05, 4.69) is 45.7 Å². The summed E-state index contributed by atoms with van der Waals surface area (Å²) in [6.07, 6.45) is 0. The van der Waals surface area contributed by atoms with Gasteiger partial charge in [-0.2, -0.15) is 0 Å². The molecule has 3 amide bonds. The van der Waals surface area contributed by atoms with Gasteiger partial charge in [-0.15, -0.1) is 11.3 Å². The summed E-state index contributed by atoms with van der Waals surface area (Å²) in [6, 6.07) is 12.3. The zero-order chi connectivity index (χ0) is 22.4. The van der Waals surface area contributed by atoms with E-state index in [1.54, 1.807) is 29.6 Å². The number of hydrogen-bond donors (Lipinski definition) is 3. The van der Waals surface area contributed by atoms with Crippen LogP contribution in [0.15, 0.2) is 47.8 Å². The van der Waals surface area contributed by atoms with Gasteiger partial charge < -0.3 is 15.5 Å². The number of carbonyl (C=O) groups is 2. The summed E-state index contributed by atoms with van der Waals surface area (Å²) < 4.78 is 0. The molecule has 0 aliphatic heterocycles. The van der Waals surface area contributed by atoms with Gasteiger partial charge in [-0.25, -0.2) is 9.78 Å². The third-order valence-electron chi connectivity index (χ3n) is 4.63. The Morgan fingerprint density at radius 3 is 2.52 bits per heavy atom. The number of urea groups is 1. The minimum absolute atomic E-state index is 0.232. The van der Waals surface area contributed by atoms with Crippen molar-refractivity contribution in [1.82, 2.24) is 4.98 Å². The first-order valence-corrected chi connectivity index (χ1v) is 11.1. The normalized spacial score (nSPS) is 10.5. The molecular weight excluding hydrogens is 434 g/mol. The van der Waals surface area contributed by atoms with E-state index in [4.69, 9.17) is 11.6 Å². The van der Waals surface area contributed by atoms with Gasteiger partial charge in [-0.05, 0) is 62.7 Å². The van der Waals surface area contributed by atoms with Gasteiger partial charge in [0.05, 0.1) is 0 Å². The zero-order valence-corrected chi connectivity index (χ0v) is 19.1. The number of thiazole rings is 1. The summed E-state index contributed by atoms with van der Waals surface area (Å²) in [7, 11) is 0. The fraction of sp³-hybridized carbons (Fsp3) is 0.227. The molecule has 0 saturated carbocycles. The first-order valence-electron chi connectivity index (χ1n) is 9.85. The van der Waals surface area contributed by atoms with Crippen LogP contribution in [0.1, 0.15) is 29.9 Å². The van der Waals surface area contributed by atoms with Crippen LogP contribution in [0, 0.1) is 6.92 Å². The lowest BCUT2D eigenvalue weighted by atomic mass is 10.1. The molecule has 0 bridgehead atoms. The lowest BCUT2D eigenvalue weighted by Crippen LogP contribution is -2.22. The summed E-state index contributed by atoms with van der Waals surface area (Å²) in [5, 5.41) is 10.6. The van der Waals surface area contributed by atoms with E-state index >= 15 is 0 Å². The Labute approximate surface area is 190 Å². The van der Waals surface area contributed by atoms with Crippen LogP contribution >= 0.6 is 22.9 Å². The molecule has 162 valence electrons. The highest BCUT2D eigenvalue weighted by Crippen LogP contribution is 2.24. The summed E-state index contributed by atoms with van der Waals surface area (Å²) in [4.78, 5) is 31.2. The van der Waals surface area contributed by atoms with Crippen molar-refractivity contribution in [2.45, 2.75) is 20.8 Å². The van der Waals surface area contributed by atoms with Gasteiger partial charge in [0.1, 0.15) is 5.69 Å². The zero-order valence-electron chi connectivity index (χ0n) is 17.5. The van der Waals surface area contributed by atoms with Crippen molar-refractivity contribution < 1.29 is 9.59 Å². The number of amides is 3. The maximum atomic E-state index is 12.6. The van der Waals surface area contributed by atoms with Gasteiger partial charge in [-0.1, -0.05) is 17.7 Å². The van der Waals surface area contributed by atoms with E-state index in [1.165, 1.54) is 11.3 Å². The minimum atomic E-state index is -0.466. The molecule has 0 unspecified atom stereocenters. The smallest absolute Gasteiger partial charge is 0.325 e. The van der Waals surface area contributed by atoms with Crippen molar-refractivity contribution in [2.75, 3.05) is 33.9 Å². The maximum Gasteiger partial charge on any atom is 0.325 e. The minimum Gasteiger partial charge on any atom is -0.372 e. The van der Waals surface area contributed by atoms with Crippen molar-refractivity contribution in [1.29, 1.82) is 0 Å². The third kappa shape index (κ3) is 5.96. The Balaban J connectivity index is 1.61. The number of nitrogens with one attached hydrogen (secondary N) is 3. The van der Waals surface area contributed by atoms with Gasteiger partial charge in [-0.3, -0.25) is 10.1 Å². The molecule has 0 atom stereocenters. The maximum absolute atomic E-state index is 12.6. The number of halogens is 1. The molecule has 31 heavy (non-hydrogen) atoms. The van der Waals surface area contributed by atoms with E-state index in [0.717, 1.165) is 30.0 Å². The molecule has 3 rings (SSSR count). The summed E-state index contributed by atoms with van der Waals surface area (Å²) in [6.45, 7) is 8.01. The molecule has 0 spiro atoms. The molecule has 3 aromatic rings. The fourth-order valence-corrected chi connectivity index (χ4v) is 3.90. The van der Waals surface area contributed by atoms with Gasteiger partial charge in [0.2, 0.25) is 0 Å². The standard InChI is InChI=1S/C22H24ClN5O2S/c1-4-28(5-2)17-9-10-18(14(3)11-17)25-20(29)19-13-31-22(26-19)27-21(30)24-16-8-6-7-15(23)12-16/h6-13H,4-5H2,1-3H3,(H,25,29)(H2,24,26,27,30). The number of rotatable bonds is 7. The first kappa shape index (κ1) is 22.6. The highest BCUT2D eigenvalue weighted by molar-refractivity contribution is 7.14. The second-order valence-electron chi connectivity index (χ2n) is 6.75. The van der Waals surface area contributed by atoms with Crippen LogP contribution in [0.5, 0.6) is 0 Å². The topological polar surface area (TPSA) is 86.4 Å². The molecule has 0 aliphatic carbocycles. The molecule has 7 nitrogen and oxygen atoms in total. The molecule has 0 fully saturated rings. The SMILES string of the molecule is CCN(CC)c1ccc(NC(=O)c2csc(NC(=O)Nc3cccc(Cl)c3)n2)c(C)c1. The first-order chi connectivity index (χ1) is 14.9. The lowest BCUT2D eigenvalue weighted by Gasteiger charge is -2.22. The summed E-state index contributed by atoms with van der Waals surface area (Å²) >= 11 is 7.08. The predicted molar refractivity (Wildman–Crippen MR) is 129 cm³/mol. The van der Waals surface area contributed by atoms with Crippen molar-refractivity contribution in [3.63, 3.8) is 0 Å². The molecule has 2 aromatic carbocycles. The number of benzene rings is 2. The predicted octanol–water partition coefficient (Wildman–Crippen LogP) is 5.85. The second kappa shape index (κ2) is 10.3. The molecular formula is C22H24ClN5O2S. The Morgan fingerprint density at radius 1 is 1.06 bits per heavy atom. The number of hydrogen-bond acceptors (Lipinski definition) is 5. The second-order valence-corrected chi connectivity index (χ2v) is 8.05. The van der Waals surface area contributed by atoms with Crippen LogP contribution < -0.4 is 20.9 Å². The molecule has 3 N–H and O–H groups in total. The van der Waals surface area contributed by atoms with Crippen molar-refractivity contribution in [2.24, 2.45) is 0 Å². The van der Waals surface area contributed by atoms with E-state index in [-0.39, 0.29) is 11.6 Å². The van der Waals surface area contributed by atoms with Crippen LogP contribution in [-0.2, 0) is 0 Å². The van der Waals surface area contributed by atoms with E-state index in [9.17, 15) is 9.59 Å². The largest absolute Gasteiger partial charge is 0.372 e. The highest BCUT2D eigenvalue weighted by Gasteiger charge is 2.14. The van der Waals surface area contributed by atoms with Crippen molar-refractivity contribution in [3.05, 3.63) is 64.1 Å². The van der Waals surface area contributed by atoms with Gasteiger partial charge in [0.25, 0.3) is 5.91 Å². The Kier molecular flexibility index (Phi) is 7.49. The van der Waals surface area contributed by atoms with Crippen LogP contribution in [0.4, 0.5) is 27.0 Å². The fourth-order valence-electron chi connectivity index (χ4n) is 3.02. The van der Waals surface area contributed by atoms with Gasteiger partial charge in [0.15, 0.2) is 5.13 Å².